The molecule has 0 radical (unpaired) electrons. The summed E-state index contributed by atoms with van der Waals surface area (Å²) in [5, 5.41) is 3.00. The summed E-state index contributed by atoms with van der Waals surface area (Å²) in [5.41, 5.74) is 2.95. The monoisotopic (exact) mass is 393 g/mol. The van der Waals surface area contributed by atoms with E-state index in [0.717, 1.165) is 50.5 Å². The standard InChI is InChI=1S/C21H27N7O/c1-26-9-11-27(12-10-26)8-4-7-23-21(29)17-13-19-20(24-14-17)28(16-25-19)15-18-5-2-3-6-22-18/h2-3,5-6,13-14,16H,4,7-12,15H2,1H3,(H,23,29). The molecule has 1 N–H and O–H groups in total. The Morgan fingerprint density at radius 3 is 2.79 bits per heavy atom. The maximum atomic E-state index is 12.5. The zero-order valence-corrected chi connectivity index (χ0v) is 16.8. The van der Waals surface area contributed by atoms with Gasteiger partial charge >= 0.3 is 0 Å². The number of hydrogen-bond donors (Lipinski definition) is 1. The fraction of sp³-hybridized carbons (Fsp3) is 0.429. The second kappa shape index (κ2) is 9.11. The van der Waals surface area contributed by atoms with Crippen molar-refractivity contribution in [2.75, 3.05) is 46.3 Å². The number of aromatic nitrogens is 4. The second-order valence-electron chi connectivity index (χ2n) is 7.51. The number of amides is 1. The highest BCUT2D eigenvalue weighted by molar-refractivity contribution is 5.96. The Balaban J connectivity index is 1.30. The first-order valence-corrected chi connectivity index (χ1v) is 10.1. The van der Waals surface area contributed by atoms with Gasteiger partial charge < -0.3 is 19.7 Å². The van der Waals surface area contributed by atoms with Crippen molar-refractivity contribution < 1.29 is 4.79 Å². The molecule has 1 saturated heterocycles. The van der Waals surface area contributed by atoms with Crippen molar-refractivity contribution in [1.82, 2.24) is 34.6 Å². The molecule has 4 rings (SSSR count). The van der Waals surface area contributed by atoms with E-state index in [9.17, 15) is 4.79 Å². The molecule has 1 fully saturated rings. The minimum atomic E-state index is -0.1000. The molecule has 8 heteroatoms. The number of rotatable bonds is 7. The van der Waals surface area contributed by atoms with Gasteiger partial charge in [0.15, 0.2) is 5.65 Å². The van der Waals surface area contributed by atoms with Crippen LogP contribution in [0.4, 0.5) is 0 Å². The molecule has 1 aliphatic heterocycles. The summed E-state index contributed by atoms with van der Waals surface area (Å²) in [6.07, 6.45) is 6.08. The van der Waals surface area contributed by atoms with E-state index in [1.807, 2.05) is 22.8 Å². The number of piperazine rings is 1. The van der Waals surface area contributed by atoms with Gasteiger partial charge in [-0.15, -0.1) is 0 Å². The molecule has 4 heterocycles. The average molecular weight is 393 g/mol. The number of carbonyl (C=O) groups is 1. The van der Waals surface area contributed by atoms with E-state index < -0.39 is 0 Å². The van der Waals surface area contributed by atoms with Crippen molar-refractivity contribution in [2.45, 2.75) is 13.0 Å². The second-order valence-corrected chi connectivity index (χ2v) is 7.51. The highest BCUT2D eigenvalue weighted by atomic mass is 16.1. The van der Waals surface area contributed by atoms with Crippen LogP contribution in [0.25, 0.3) is 11.2 Å². The van der Waals surface area contributed by atoms with Crippen LogP contribution in [-0.4, -0.2) is 81.5 Å². The summed E-state index contributed by atoms with van der Waals surface area (Å²) < 4.78 is 1.94. The van der Waals surface area contributed by atoms with Gasteiger partial charge in [-0.1, -0.05) is 6.07 Å². The molecular weight excluding hydrogens is 366 g/mol. The lowest BCUT2D eigenvalue weighted by Gasteiger charge is -2.32. The molecule has 3 aromatic rings. The number of carbonyl (C=O) groups excluding carboxylic acids is 1. The van der Waals surface area contributed by atoms with Crippen molar-refractivity contribution in [1.29, 1.82) is 0 Å². The SMILES string of the molecule is CN1CCN(CCCNC(=O)c2cnc3c(c2)ncn3Cc2ccccn2)CC1. The summed E-state index contributed by atoms with van der Waals surface area (Å²) in [5.74, 6) is -0.1000. The Hall–Kier alpha value is -2.84. The van der Waals surface area contributed by atoms with Crippen LogP contribution in [0.1, 0.15) is 22.5 Å². The lowest BCUT2D eigenvalue weighted by Crippen LogP contribution is -2.45. The van der Waals surface area contributed by atoms with E-state index in [0.29, 0.717) is 24.2 Å². The summed E-state index contributed by atoms with van der Waals surface area (Å²) in [6, 6.07) is 7.62. The summed E-state index contributed by atoms with van der Waals surface area (Å²) in [4.78, 5) is 30.5. The largest absolute Gasteiger partial charge is 0.352 e. The third-order valence-electron chi connectivity index (χ3n) is 5.31. The van der Waals surface area contributed by atoms with E-state index >= 15 is 0 Å². The van der Waals surface area contributed by atoms with Crippen LogP contribution in [-0.2, 0) is 6.54 Å². The zero-order chi connectivity index (χ0) is 20.1. The molecule has 152 valence electrons. The highest BCUT2D eigenvalue weighted by Crippen LogP contribution is 2.13. The van der Waals surface area contributed by atoms with Gasteiger partial charge in [0.1, 0.15) is 5.52 Å². The highest BCUT2D eigenvalue weighted by Gasteiger charge is 2.14. The number of nitrogens with one attached hydrogen (secondary N) is 1. The number of imidazole rings is 1. The molecule has 0 unspecified atom stereocenters. The number of nitrogens with zero attached hydrogens (tertiary/aromatic N) is 6. The Morgan fingerprint density at radius 1 is 1.14 bits per heavy atom. The molecule has 29 heavy (non-hydrogen) atoms. The van der Waals surface area contributed by atoms with Gasteiger partial charge in [-0.05, 0) is 38.2 Å². The van der Waals surface area contributed by atoms with Gasteiger partial charge in [-0.2, -0.15) is 0 Å². The van der Waals surface area contributed by atoms with Crippen molar-refractivity contribution in [3.8, 4) is 0 Å². The Morgan fingerprint density at radius 2 is 2.00 bits per heavy atom. The molecule has 1 aliphatic rings. The first-order valence-electron chi connectivity index (χ1n) is 10.1. The van der Waals surface area contributed by atoms with Crippen LogP contribution in [0.15, 0.2) is 43.0 Å². The van der Waals surface area contributed by atoms with Crippen LogP contribution in [0.5, 0.6) is 0 Å². The van der Waals surface area contributed by atoms with Gasteiger partial charge in [0.25, 0.3) is 5.91 Å². The van der Waals surface area contributed by atoms with Gasteiger partial charge in [0.2, 0.25) is 0 Å². The van der Waals surface area contributed by atoms with E-state index in [4.69, 9.17) is 0 Å². The third kappa shape index (κ3) is 4.96. The number of fused-ring (bicyclic) bond motifs is 1. The average Bonchev–Trinajstić information content (AvgIpc) is 3.15. The smallest absolute Gasteiger partial charge is 0.252 e. The molecule has 0 saturated carbocycles. The lowest BCUT2D eigenvalue weighted by atomic mass is 10.2. The fourth-order valence-electron chi connectivity index (χ4n) is 3.53. The molecule has 0 atom stereocenters. The van der Waals surface area contributed by atoms with Crippen LogP contribution >= 0.6 is 0 Å². The summed E-state index contributed by atoms with van der Waals surface area (Å²) in [6.45, 7) is 6.72. The summed E-state index contributed by atoms with van der Waals surface area (Å²) in [7, 11) is 2.16. The Labute approximate surface area is 170 Å². The first-order chi connectivity index (χ1) is 14.2. The van der Waals surface area contributed by atoms with Crippen molar-refractivity contribution in [2.24, 2.45) is 0 Å². The fourth-order valence-corrected chi connectivity index (χ4v) is 3.53. The quantitative estimate of drug-likeness (QED) is 0.609. The Kier molecular flexibility index (Phi) is 6.12. The number of hydrogen-bond acceptors (Lipinski definition) is 6. The molecule has 3 aromatic heterocycles. The molecule has 8 nitrogen and oxygen atoms in total. The maximum Gasteiger partial charge on any atom is 0.252 e. The number of likely N-dealkylation sites (N-methyl/N-ethyl adjacent to an activating group) is 1. The lowest BCUT2D eigenvalue weighted by molar-refractivity contribution is 0.0949. The summed E-state index contributed by atoms with van der Waals surface area (Å²) >= 11 is 0. The van der Waals surface area contributed by atoms with Gasteiger partial charge in [0.05, 0.1) is 24.1 Å². The van der Waals surface area contributed by atoms with Crippen LogP contribution in [0.2, 0.25) is 0 Å². The van der Waals surface area contributed by atoms with Crippen molar-refractivity contribution >= 4 is 17.1 Å². The van der Waals surface area contributed by atoms with E-state index in [2.05, 4.69) is 37.1 Å². The molecule has 0 aliphatic carbocycles. The van der Waals surface area contributed by atoms with Crippen LogP contribution in [0, 0.1) is 0 Å². The van der Waals surface area contributed by atoms with E-state index in [-0.39, 0.29) is 5.91 Å². The third-order valence-corrected chi connectivity index (χ3v) is 5.31. The van der Waals surface area contributed by atoms with Gasteiger partial charge in [-0.3, -0.25) is 9.78 Å². The molecule has 0 spiro atoms. The maximum absolute atomic E-state index is 12.5. The molecule has 0 bridgehead atoms. The normalized spacial score (nSPS) is 15.6. The van der Waals surface area contributed by atoms with Crippen LogP contribution < -0.4 is 5.32 Å². The minimum absolute atomic E-state index is 0.1000. The zero-order valence-electron chi connectivity index (χ0n) is 16.8. The molecular formula is C21H27N7O. The Bertz CT molecular complexity index is 948. The van der Waals surface area contributed by atoms with Crippen molar-refractivity contribution in [3.63, 3.8) is 0 Å². The van der Waals surface area contributed by atoms with E-state index in [1.165, 1.54) is 0 Å². The van der Waals surface area contributed by atoms with Gasteiger partial charge in [-0.25, -0.2) is 9.97 Å². The topological polar surface area (TPSA) is 79.2 Å². The predicted octanol–water partition coefficient (Wildman–Crippen LogP) is 1.24. The number of pyridine rings is 2. The molecule has 0 aromatic carbocycles. The molecule has 1 amide bonds. The first kappa shape index (κ1) is 19.5. The van der Waals surface area contributed by atoms with Crippen molar-refractivity contribution in [3.05, 3.63) is 54.2 Å². The minimum Gasteiger partial charge on any atom is -0.352 e. The van der Waals surface area contributed by atoms with Gasteiger partial charge in [0, 0.05) is 45.1 Å². The predicted molar refractivity (Wildman–Crippen MR) is 112 cm³/mol. The van der Waals surface area contributed by atoms with E-state index in [1.54, 1.807) is 24.8 Å². The van der Waals surface area contributed by atoms with Crippen LogP contribution in [0.3, 0.4) is 0 Å².